The van der Waals surface area contributed by atoms with Crippen LogP contribution in [-0.2, 0) is 58.2 Å². The Morgan fingerprint density at radius 1 is 1.29 bits per heavy atom. The molecule has 0 atom stereocenters. The number of ether oxygens (including phenoxy) is 2. The van der Waals surface area contributed by atoms with Crippen molar-refractivity contribution in [3.05, 3.63) is 46.3 Å². The minimum absolute atomic E-state index is 0. The molecule has 0 unspecified atom stereocenters. The van der Waals surface area contributed by atoms with E-state index in [1.54, 1.807) is 24.3 Å². The Labute approximate surface area is 148 Å². The van der Waals surface area contributed by atoms with Crippen LogP contribution in [0.5, 0.6) is 0 Å². The van der Waals surface area contributed by atoms with E-state index in [-0.39, 0.29) is 46.6 Å². The van der Waals surface area contributed by atoms with Crippen molar-refractivity contribution in [2.75, 3.05) is 14.2 Å². The zero-order valence-corrected chi connectivity index (χ0v) is 13.9. The van der Waals surface area contributed by atoms with Gasteiger partial charge in [0.1, 0.15) is 0 Å². The number of nitrogens with zero attached hydrogens (tertiary/aromatic N) is 3. The van der Waals surface area contributed by atoms with Crippen LogP contribution in [0.1, 0.15) is 13.0 Å². The van der Waals surface area contributed by atoms with Gasteiger partial charge in [0.2, 0.25) is 5.54 Å². The molecule has 0 N–H and O–H groups in total. The number of methoxy groups -OCH3 is 2. The van der Waals surface area contributed by atoms with Crippen LogP contribution in [-0.4, -0.2) is 31.7 Å². The van der Waals surface area contributed by atoms with Crippen molar-refractivity contribution < 1.29 is 51.8 Å². The summed E-state index contributed by atoms with van der Waals surface area (Å²) in [5, 5.41) is 3.31. The normalized spacial score (nSPS) is 9.24. The molecule has 0 amide bonds. The van der Waals surface area contributed by atoms with Crippen LogP contribution < -0.4 is 0 Å². The van der Waals surface area contributed by atoms with Gasteiger partial charge in [0.15, 0.2) is 0 Å². The van der Waals surface area contributed by atoms with Crippen molar-refractivity contribution in [2.45, 2.75) is 19.4 Å². The first-order chi connectivity index (χ1) is 9.10. The zero-order chi connectivity index (χ0) is 14.3. The van der Waals surface area contributed by atoms with Crippen molar-refractivity contribution in [1.82, 2.24) is 0 Å². The van der Waals surface area contributed by atoms with Gasteiger partial charge in [-0.3, -0.25) is 9.59 Å². The van der Waals surface area contributed by atoms with Gasteiger partial charge in [-0.25, -0.2) is 0 Å². The van der Waals surface area contributed by atoms with Gasteiger partial charge in [-0.05, 0) is 12.0 Å². The number of hydrogen-bond donors (Lipinski definition) is 0. The summed E-state index contributed by atoms with van der Waals surface area (Å²) < 4.78 is 9.10. The Balaban J connectivity index is 0. The van der Waals surface area contributed by atoms with Crippen LogP contribution in [0, 0.1) is 6.07 Å². The van der Waals surface area contributed by atoms with Gasteiger partial charge in [0.05, 0.1) is 14.2 Å². The van der Waals surface area contributed by atoms with Crippen molar-refractivity contribution in [3.63, 3.8) is 0 Å². The molecule has 1 aromatic rings. The van der Waals surface area contributed by atoms with E-state index in [2.05, 4.69) is 25.6 Å². The van der Waals surface area contributed by atoms with Crippen molar-refractivity contribution in [3.8, 4) is 0 Å². The molecule has 21 heavy (non-hydrogen) atoms. The smallest absolute Gasteiger partial charge is 0.329 e. The number of rotatable bonds is 5. The second-order valence-electron chi connectivity index (χ2n) is 3.62. The van der Waals surface area contributed by atoms with Crippen LogP contribution >= 0.6 is 0 Å². The maximum Gasteiger partial charge on any atom is 0.329 e. The Bertz CT molecular complexity index is 499. The summed E-state index contributed by atoms with van der Waals surface area (Å²) >= 11 is 0. The van der Waals surface area contributed by atoms with E-state index >= 15 is 0 Å². The summed E-state index contributed by atoms with van der Waals surface area (Å²) in [7, 11) is 2.21. The fourth-order valence-corrected chi connectivity index (χ4v) is 1.59. The summed E-state index contributed by atoms with van der Waals surface area (Å²) in [6.07, 6.45) is -0.148. The molecule has 7 nitrogen and oxygen atoms in total. The van der Waals surface area contributed by atoms with E-state index in [0.717, 1.165) is 14.2 Å². The summed E-state index contributed by atoms with van der Waals surface area (Å²) in [5.41, 5.74) is 7.16. The molecule has 0 aliphatic heterocycles. The van der Waals surface area contributed by atoms with Gasteiger partial charge < -0.3 is 9.47 Å². The van der Waals surface area contributed by atoms with Crippen LogP contribution in [0.25, 0.3) is 10.4 Å². The van der Waals surface area contributed by atoms with Crippen LogP contribution in [0.15, 0.2) is 29.4 Å². The molecule has 0 fully saturated rings. The second-order valence-corrected chi connectivity index (χ2v) is 3.62. The Morgan fingerprint density at radius 2 is 1.76 bits per heavy atom. The quantitative estimate of drug-likeness (QED) is 0.199. The predicted molar refractivity (Wildman–Crippen MR) is 71.6 cm³/mol. The van der Waals surface area contributed by atoms with Crippen LogP contribution in [0.4, 0.5) is 0 Å². The summed E-state index contributed by atoms with van der Waals surface area (Å²) in [6, 6.07) is 9.33. The molecule has 0 saturated heterocycles. The van der Waals surface area contributed by atoms with E-state index < -0.39 is 17.5 Å². The monoisotopic (exact) mass is 367 g/mol. The van der Waals surface area contributed by atoms with Crippen LogP contribution in [0.3, 0.4) is 0 Å². The van der Waals surface area contributed by atoms with Gasteiger partial charge in [0, 0.05) is 37.6 Å². The Hall–Kier alpha value is -1.43. The summed E-state index contributed by atoms with van der Waals surface area (Å²) in [4.78, 5) is 26.2. The van der Waals surface area contributed by atoms with Crippen molar-refractivity contribution in [2.24, 2.45) is 5.11 Å². The van der Waals surface area contributed by atoms with E-state index in [9.17, 15) is 9.59 Å². The molecular weight excluding hydrogens is 351 g/mol. The number of carbonyl (C=O) groups excluding carboxylic acids is 2. The number of hydrogen-bond acceptors (Lipinski definition) is 5. The Morgan fingerprint density at radius 3 is 2.14 bits per heavy atom. The molecule has 0 spiro atoms. The maximum atomic E-state index is 11.8. The third-order valence-corrected chi connectivity index (χ3v) is 2.51. The van der Waals surface area contributed by atoms with Gasteiger partial charge in [-0.2, -0.15) is 35.9 Å². The standard InChI is InChI=1S/C12H12N3O4.CH4.Y/c1-18-10(16)12(14-15-13,11(17)19-2)8-9-6-4-3-5-7-9;;/h4-7H,8H2,1-2H3;1H4;/q-1;;. The summed E-state index contributed by atoms with van der Waals surface area (Å²) in [6.45, 7) is 0. The molecule has 0 aliphatic carbocycles. The average molecular weight is 367 g/mol. The minimum Gasteiger partial charge on any atom is -0.468 e. The second kappa shape index (κ2) is 10.3. The Kier molecular flexibility index (Phi) is 10.7. The SMILES string of the molecule is C.COC(=O)C(Cc1cc[c-]cc1)(N=[N+]=[N-])C(=O)OC.[Y]. The molecule has 0 saturated carbocycles. The number of carbonyl (C=O) groups is 2. The number of esters is 2. The summed E-state index contributed by atoms with van der Waals surface area (Å²) in [5.74, 6) is -1.94. The molecule has 0 aromatic heterocycles. The van der Waals surface area contributed by atoms with Crippen molar-refractivity contribution >= 4 is 11.9 Å². The van der Waals surface area contributed by atoms with Crippen molar-refractivity contribution in [1.29, 1.82) is 0 Å². The maximum absolute atomic E-state index is 11.8. The third kappa shape index (κ3) is 5.12. The average Bonchev–Trinajstić information content (AvgIpc) is 2.46. The van der Waals surface area contributed by atoms with Crippen LogP contribution in [0.2, 0.25) is 0 Å². The molecule has 1 aromatic carbocycles. The van der Waals surface area contributed by atoms with Gasteiger partial charge in [-0.1, -0.05) is 12.5 Å². The first-order valence-corrected chi connectivity index (χ1v) is 5.29. The number of benzene rings is 1. The van der Waals surface area contributed by atoms with E-state index in [0.29, 0.717) is 5.56 Å². The molecule has 0 aliphatic rings. The molecule has 1 rings (SSSR count). The molecule has 0 heterocycles. The fraction of sp³-hybridized carbons (Fsp3) is 0.385. The predicted octanol–water partition coefficient (Wildman–Crippen LogP) is 2.06. The third-order valence-electron chi connectivity index (χ3n) is 2.51. The van der Waals surface area contributed by atoms with E-state index in [4.69, 9.17) is 5.53 Å². The minimum atomic E-state index is -2.06. The van der Waals surface area contributed by atoms with E-state index in [1.807, 2.05) is 0 Å². The molecule has 0 bridgehead atoms. The van der Waals surface area contributed by atoms with E-state index in [1.165, 1.54) is 0 Å². The first kappa shape index (κ1) is 21.9. The van der Waals surface area contributed by atoms with Gasteiger partial charge in [0.25, 0.3) is 0 Å². The zero-order valence-electron chi connectivity index (χ0n) is 11.1. The fourth-order valence-electron chi connectivity index (χ4n) is 1.59. The first-order valence-electron chi connectivity index (χ1n) is 5.29. The number of azide groups is 1. The van der Waals surface area contributed by atoms with Gasteiger partial charge >= 0.3 is 11.9 Å². The topological polar surface area (TPSA) is 101 Å². The van der Waals surface area contributed by atoms with Gasteiger partial charge in [-0.15, -0.1) is 0 Å². The molecule has 8 heteroatoms. The molecule has 111 valence electrons. The molecule has 1 radical (unpaired) electrons. The largest absolute Gasteiger partial charge is 0.468 e. The molecular formula is C13H16N3O4Y-.